The average Bonchev–Trinajstić information content (AvgIpc) is 3.28. The SMILES string of the molecule is CC1(CCc2ccccc2)NC(=O)N(NC(=O)c2ccc(CN3C(=O)c4ccccc4C3=O)cc2)C1=O. The Morgan fingerprint density at radius 3 is 2.03 bits per heavy atom. The highest BCUT2D eigenvalue weighted by molar-refractivity contribution is 6.21. The lowest BCUT2D eigenvalue weighted by Crippen LogP contribution is -2.48. The van der Waals surface area contributed by atoms with Crippen LogP contribution in [0.5, 0.6) is 0 Å². The lowest BCUT2D eigenvalue weighted by atomic mass is 9.93. The van der Waals surface area contributed by atoms with E-state index in [1.807, 2.05) is 30.3 Å². The number of aryl methyl sites for hydroxylation is 1. The number of hydrazine groups is 1. The third-order valence-electron chi connectivity index (χ3n) is 6.67. The number of hydrogen-bond acceptors (Lipinski definition) is 5. The number of urea groups is 1. The number of carbonyl (C=O) groups is 5. The van der Waals surface area contributed by atoms with E-state index in [0.29, 0.717) is 34.5 Å². The molecule has 0 aromatic heterocycles. The van der Waals surface area contributed by atoms with Crippen LogP contribution in [-0.4, -0.2) is 45.1 Å². The van der Waals surface area contributed by atoms with Crippen LogP contribution in [0.4, 0.5) is 4.79 Å². The van der Waals surface area contributed by atoms with Crippen LogP contribution in [-0.2, 0) is 17.8 Å². The molecule has 2 heterocycles. The van der Waals surface area contributed by atoms with Crippen molar-refractivity contribution in [1.82, 2.24) is 20.7 Å². The predicted molar refractivity (Wildman–Crippen MR) is 133 cm³/mol. The molecule has 9 nitrogen and oxygen atoms in total. The van der Waals surface area contributed by atoms with Crippen LogP contribution in [0.15, 0.2) is 78.9 Å². The minimum Gasteiger partial charge on any atom is -0.322 e. The second kappa shape index (κ2) is 9.34. The van der Waals surface area contributed by atoms with Gasteiger partial charge in [0.05, 0.1) is 17.7 Å². The van der Waals surface area contributed by atoms with Crippen molar-refractivity contribution in [2.45, 2.75) is 31.8 Å². The third kappa shape index (κ3) is 4.47. The number of imide groups is 2. The molecule has 5 rings (SSSR count). The molecule has 0 saturated carbocycles. The van der Waals surface area contributed by atoms with E-state index >= 15 is 0 Å². The fourth-order valence-electron chi connectivity index (χ4n) is 4.49. The molecule has 1 unspecified atom stereocenters. The second-order valence-electron chi connectivity index (χ2n) is 9.27. The maximum atomic E-state index is 13.0. The Balaban J connectivity index is 1.21. The number of hydrogen-bond donors (Lipinski definition) is 2. The highest BCUT2D eigenvalue weighted by atomic mass is 16.2. The van der Waals surface area contributed by atoms with Crippen LogP contribution < -0.4 is 10.7 Å². The van der Waals surface area contributed by atoms with Crippen LogP contribution in [0.2, 0.25) is 0 Å². The smallest absolute Gasteiger partial charge is 0.322 e. The monoisotopic (exact) mass is 496 g/mol. The zero-order valence-electron chi connectivity index (χ0n) is 20.1. The Kier molecular flexibility index (Phi) is 6.04. The van der Waals surface area contributed by atoms with Gasteiger partial charge in [0.1, 0.15) is 5.54 Å². The van der Waals surface area contributed by atoms with E-state index in [1.54, 1.807) is 43.3 Å². The van der Waals surface area contributed by atoms with Gasteiger partial charge in [-0.1, -0.05) is 54.6 Å². The molecule has 9 heteroatoms. The van der Waals surface area contributed by atoms with Crippen molar-refractivity contribution in [2.75, 3.05) is 0 Å². The summed E-state index contributed by atoms with van der Waals surface area (Å²) in [5.74, 6) is -1.90. The number of nitrogens with one attached hydrogen (secondary N) is 2. The van der Waals surface area contributed by atoms with Gasteiger partial charge in [0.2, 0.25) is 0 Å². The van der Waals surface area contributed by atoms with Gasteiger partial charge in [0.25, 0.3) is 23.6 Å². The second-order valence-corrected chi connectivity index (χ2v) is 9.27. The first-order valence-corrected chi connectivity index (χ1v) is 11.8. The quantitative estimate of drug-likeness (QED) is 0.385. The lowest BCUT2D eigenvalue weighted by Gasteiger charge is -2.21. The standard InChI is InChI=1S/C28H24N4O5/c1-28(16-15-18-7-3-2-4-8-18)26(36)32(27(37)29-28)30-23(33)20-13-11-19(12-14-20)17-31-24(34)21-9-5-6-10-22(21)25(31)35/h2-14H,15-17H2,1H3,(H,29,37)(H,30,33). The molecular weight excluding hydrogens is 472 g/mol. The first-order chi connectivity index (χ1) is 17.8. The summed E-state index contributed by atoms with van der Waals surface area (Å²) in [5, 5.41) is 3.38. The Morgan fingerprint density at radius 1 is 0.811 bits per heavy atom. The largest absolute Gasteiger partial charge is 0.344 e. The van der Waals surface area contributed by atoms with E-state index in [9.17, 15) is 24.0 Å². The summed E-state index contributed by atoms with van der Waals surface area (Å²) in [6.07, 6.45) is 0.959. The van der Waals surface area contributed by atoms with Crippen LogP contribution in [0, 0.1) is 0 Å². The van der Waals surface area contributed by atoms with Gasteiger partial charge in [0, 0.05) is 5.56 Å². The van der Waals surface area contributed by atoms with Crippen molar-refractivity contribution in [3.8, 4) is 0 Å². The van der Waals surface area contributed by atoms with E-state index in [2.05, 4.69) is 10.7 Å². The van der Waals surface area contributed by atoms with Crippen molar-refractivity contribution in [2.24, 2.45) is 0 Å². The van der Waals surface area contributed by atoms with E-state index in [1.165, 1.54) is 12.1 Å². The van der Waals surface area contributed by atoms with Gasteiger partial charge in [-0.2, -0.15) is 5.01 Å². The maximum Gasteiger partial charge on any atom is 0.344 e. The van der Waals surface area contributed by atoms with E-state index in [4.69, 9.17) is 0 Å². The van der Waals surface area contributed by atoms with Crippen molar-refractivity contribution in [3.05, 3.63) is 107 Å². The molecule has 37 heavy (non-hydrogen) atoms. The molecule has 3 aromatic carbocycles. The number of benzene rings is 3. The Labute approximate surface area is 213 Å². The molecular formula is C28H24N4O5. The Bertz CT molecular complexity index is 1380. The van der Waals surface area contributed by atoms with Gasteiger partial charge >= 0.3 is 6.03 Å². The molecule has 0 bridgehead atoms. The fraction of sp³-hybridized carbons (Fsp3) is 0.179. The summed E-state index contributed by atoms with van der Waals surface area (Å²) in [4.78, 5) is 64.6. The van der Waals surface area contributed by atoms with Crippen LogP contribution in [0.1, 0.15) is 55.5 Å². The molecule has 0 aliphatic carbocycles. The van der Waals surface area contributed by atoms with Gasteiger partial charge in [-0.15, -0.1) is 0 Å². The van der Waals surface area contributed by atoms with E-state index in [-0.39, 0.29) is 23.9 Å². The zero-order valence-corrected chi connectivity index (χ0v) is 20.1. The maximum absolute atomic E-state index is 13.0. The predicted octanol–water partition coefficient (Wildman–Crippen LogP) is 3.07. The molecule has 6 amide bonds. The summed E-state index contributed by atoms with van der Waals surface area (Å²) < 4.78 is 0. The number of carbonyl (C=O) groups excluding carboxylic acids is 5. The fourth-order valence-corrected chi connectivity index (χ4v) is 4.49. The van der Waals surface area contributed by atoms with Crippen molar-refractivity contribution >= 4 is 29.7 Å². The summed E-state index contributed by atoms with van der Waals surface area (Å²) in [6, 6.07) is 21.8. The normalized spacial score (nSPS) is 18.7. The molecule has 186 valence electrons. The molecule has 0 radical (unpaired) electrons. The van der Waals surface area contributed by atoms with E-state index < -0.39 is 23.4 Å². The minimum atomic E-state index is -1.14. The van der Waals surface area contributed by atoms with Gasteiger partial charge < -0.3 is 5.32 Å². The number of nitrogens with zero attached hydrogens (tertiary/aromatic N) is 2. The Hall–Kier alpha value is -4.79. The number of fused-ring (bicyclic) bond motifs is 1. The topological polar surface area (TPSA) is 116 Å². The molecule has 2 aliphatic rings. The van der Waals surface area contributed by atoms with Gasteiger partial charge in [-0.25, -0.2) is 4.79 Å². The minimum absolute atomic E-state index is 0.0566. The highest BCUT2D eigenvalue weighted by Crippen LogP contribution is 2.25. The number of rotatable bonds is 7. The molecule has 3 aromatic rings. The van der Waals surface area contributed by atoms with Gasteiger partial charge in [-0.05, 0) is 55.2 Å². The van der Waals surface area contributed by atoms with Crippen LogP contribution >= 0.6 is 0 Å². The molecule has 0 spiro atoms. The molecule has 1 saturated heterocycles. The molecule has 2 aliphatic heterocycles. The van der Waals surface area contributed by atoms with Crippen LogP contribution in [0.25, 0.3) is 0 Å². The first kappa shape index (κ1) is 23.9. The Morgan fingerprint density at radius 2 is 1.41 bits per heavy atom. The number of amides is 6. The summed E-state index contributed by atoms with van der Waals surface area (Å²) in [5.41, 5.74) is 3.87. The lowest BCUT2D eigenvalue weighted by molar-refractivity contribution is -0.132. The summed E-state index contributed by atoms with van der Waals surface area (Å²) in [6.45, 7) is 1.69. The average molecular weight is 497 g/mol. The molecule has 2 N–H and O–H groups in total. The van der Waals surface area contributed by atoms with Crippen molar-refractivity contribution in [3.63, 3.8) is 0 Å². The van der Waals surface area contributed by atoms with Gasteiger partial charge in [0.15, 0.2) is 0 Å². The summed E-state index contributed by atoms with van der Waals surface area (Å²) >= 11 is 0. The highest BCUT2D eigenvalue weighted by Gasteiger charge is 2.48. The first-order valence-electron chi connectivity index (χ1n) is 11.8. The van der Waals surface area contributed by atoms with Crippen LogP contribution in [0.3, 0.4) is 0 Å². The van der Waals surface area contributed by atoms with Crippen molar-refractivity contribution < 1.29 is 24.0 Å². The van der Waals surface area contributed by atoms with E-state index in [0.717, 1.165) is 10.5 Å². The molecule has 1 fully saturated rings. The third-order valence-corrected chi connectivity index (χ3v) is 6.67. The zero-order chi connectivity index (χ0) is 26.2. The summed E-state index contributed by atoms with van der Waals surface area (Å²) in [7, 11) is 0. The van der Waals surface area contributed by atoms with Gasteiger partial charge in [-0.3, -0.25) is 29.5 Å². The molecule has 1 atom stereocenters. The van der Waals surface area contributed by atoms with Crippen molar-refractivity contribution in [1.29, 1.82) is 0 Å².